The quantitative estimate of drug-likeness (QED) is 0.766. The van der Waals surface area contributed by atoms with Crippen molar-refractivity contribution in [2.45, 2.75) is 25.3 Å². The van der Waals surface area contributed by atoms with Gasteiger partial charge in [-0.25, -0.2) is 0 Å². The van der Waals surface area contributed by atoms with Crippen LogP contribution in [-0.4, -0.2) is 52.1 Å². The number of amides is 1. The first kappa shape index (κ1) is 11.6. The van der Waals surface area contributed by atoms with Gasteiger partial charge in [-0.1, -0.05) is 0 Å². The van der Waals surface area contributed by atoms with Crippen LogP contribution in [0.15, 0.2) is 12.4 Å². The van der Waals surface area contributed by atoms with Crippen LogP contribution in [0, 0.1) is 5.92 Å². The second-order valence-electron chi connectivity index (χ2n) is 4.97. The van der Waals surface area contributed by atoms with Crippen LogP contribution in [0.2, 0.25) is 0 Å². The number of nitrogens with zero attached hydrogens (tertiary/aromatic N) is 4. The minimum atomic E-state index is 0.0874. The molecule has 1 amide bonds. The SMILES string of the molecule is O=C(C1CCOC1)N1CCC(n2nccn2)CC1. The Morgan fingerprint density at radius 1 is 1.17 bits per heavy atom. The lowest BCUT2D eigenvalue weighted by Crippen LogP contribution is -2.42. The number of rotatable bonds is 2. The van der Waals surface area contributed by atoms with Crippen molar-refractivity contribution in [3.05, 3.63) is 12.4 Å². The number of aromatic nitrogens is 3. The minimum absolute atomic E-state index is 0.0874. The summed E-state index contributed by atoms with van der Waals surface area (Å²) in [6, 6.07) is 0.337. The first-order chi connectivity index (χ1) is 8.84. The Morgan fingerprint density at radius 2 is 1.89 bits per heavy atom. The largest absolute Gasteiger partial charge is 0.381 e. The van der Waals surface area contributed by atoms with Gasteiger partial charge in [-0.05, 0) is 19.3 Å². The molecule has 18 heavy (non-hydrogen) atoms. The highest BCUT2D eigenvalue weighted by atomic mass is 16.5. The van der Waals surface area contributed by atoms with Gasteiger partial charge in [0.25, 0.3) is 0 Å². The van der Waals surface area contributed by atoms with Crippen molar-refractivity contribution in [2.75, 3.05) is 26.3 Å². The van der Waals surface area contributed by atoms with Gasteiger partial charge in [0.05, 0.1) is 31.0 Å². The lowest BCUT2D eigenvalue weighted by molar-refractivity contribution is -0.136. The molecule has 0 N–H and O–H groups in total. The standard InChI is InChI=1S/C12H18N4O2/c17-12(10-3-8-18-9-10)15-6-1-11(2-7-15)16-13-4-5-14-16/h4-5,10-11H,1-3,6-9H2. The number of ether oxygens (including phenoxy) is 1. The molecule has 2 aliphatic rings. The highest BCUT2D eigenvalue weighted by Crippen LogP contribution is 2.23. The highest BCUT2D eigenvalue weighted by Gasteiger charge is 2.31. The Balaban J connectivity index is 1.55. The zero-order valence-corrected chi connectivity index (χ0v) is 10.4. The Labute approximate surface area is 106 Å². The Hall–Kier alpha value is -1.43. The number of piperidine rings is 1. The predicted octanol–water partition coefficient (Wildman–Crippen LogP) is 0.478. The van der Waals surface area contributed by atoms with Gasteiger partial charge in [-0.15, -0.1) is 0 Å². The number of hydrogen-bond donors (Lipinski definition) is 0. The van der Waals surface area contributed by atoms with Crippen LogP contribution in [0.1, 0.15) is 25.3 Å². The summed E-state index contributed by atoms with van der Waals surface area (Å²) in [5.41, 5.74) is 0. The van der Waals surface area contributed by atoms with Crippen molar-refractivity contribution in [3.8, 4) is 0 Å². The molecular formula is C12H18N4O2. The topological polar surface area (TPSA) is 60.2 Å². The van der Waals surface area contributed by atoms with E-state index in [9.17, 15) is 4.79 Å². The summed E-state index contributed by atoms with van der Waals surface area (Å²) in [5, 5.41) is 8.34. The van der Waals surface area contributed by atoms with E-state index < -0.39 is 0 Å². The summed E-state index contributed by atoms with van der Waals surface area (Å²) in [6.07, 6.45) is 6.16. The third-order valence-corrected chi connectivity index (χ3v) is 3.82. The summed E-state index contributed by atoms with van der Waals surface area (Å²) in [4.78, 5) is 15.9. The van der Waals surface area contributed by atoms with E-state index in [4.69, 9.17) is 4.74 Å². The smallest absolute Gasteiger partial charge is 0.228 e. The fourth-order valence-corrected chi connectivity index (χ4v) is 2.72. The zero-order chi connectivity index (χ0) is 12.4. The maximum absolute atomic E-state index is 12.2. The van der Waals surface area contributed by atoms with E-state index in [1.807, 2.05) is 4.90 Å². The summed E-state index contributed by atoms with van der Waals surface area (Å²) in [7, 11) is 0. The van der Waals surface area contributed by atoms with Gasteiger partial charge in [-0.3, -0.25) is 4.79 Å². The summed E-state index contributed by atoms with van der Waals surface area (Å²) < 4.78 is 5.28. The van der Waals surface area contributed by atoms with Crippen molar-refractivity contribution in [1.82, 2.24) is 19.9 Å². The van der Waals surface area contributed by atoms with Gasteiger partial charge >= 0.3 is 0 Å². The van der Waals surface area contributed by atoms with Crippen molar-refractivity contribution in [2.24, 2.45) is 5.92 Å². The maximum atomic E-state index is 12.2. The Kier molecular flexibility index (Phi) is 3.27. The number of carbonyl (C=O) groups excluding carboxylic acids is 1. The van der Waals surface area contributed by atoms with E-state index in [0.29, 0.717) is 12.6 Å². The molecule has 0 radical (unpaired) electrons. The molecule has 2 saturated heterocycles. The first-order valence-electron chi connectivity index (χ1n) is 6.57. The molecule has 2 fully saturated rings. The molecule has 0 saturated carbocycles. The minimum Gasteiger partial charge on any atom is -0.381 e. The molecule has 0 aliphatic carbocycles. The molecular weight excluding hydrogens is 232 g/mol. The molecule has 0 bridgehead atoms. The second kappa shape index (κ2) is 5.06. The van der Waals surface area contributed by atoms with Crippen LogP contribution in [0.5, 0.6) is 0 Å². The van der Waals surface area contributed by atoms with Crippen molar-refractivity contribution >= 4 is 5.91 Å². The molecule has 6 heteroatoms. The lowest BCUT2D eigenvalue weighted by Gasteiger charge is -2.32. The van der Waals surface area contributed by atoms with Crippen molar-refractivity contribution in [3.63, 3.8) is 0 Å². The fourth-order valence-electron chi connectivity index (χ4n) is 2.72. The molecule has 98 valence electrons. The van der Waals surface area contributed by atoms with Gasteiger partial charge in [0, 0.05) is 19.7 Å². The number of carbonyl (C=O) groups is 1. The monoisotopic (exact) mass is 250 g/mol. The average Bonchev–Trinajstić information content (AvgIpc) is 3.11. The van der Waals surface area contributed by atoms with Gasteiger partial charge in [0.1, 0.15) is 0 Å². The zero-order valence-electron chi connectivity index (χ0n) is 10.4. The molecule has 3 rings (SSSR count). The average molecular weight is 250 g/mol. The molecule has 3 heterocycles. The first-order valence-corrected chi connectivity index (χ1v) is 6.57. The molecule has 2 aliphatic heterocycles. The second-order valence-corrected chi connectivity index (χ2v) is 4.97. The van der Waals surface area contributed by atoms with E-state index in [1.54, 1.807) is 17.2 Å². The van der Waals surface area contributed by atoms with E-state index in [1.165, 1.54) is 0 Å². The molecule has 1 aromatic rings. The van der Waals surface area contributed by atoms with E-state index >= 15 is 0 Å². The van der Waals surface area contributed by atoms with Crippen molar-refractivity contribution < 1.29 is 9.53 Å². The van der Waals surface area contributed by atoms with E-state index in [-0.39, 0.29) is 11.8 Å². The fraction of sp³-hybridized carbons (Fsp3) is 0.750. The van der Waals surface area contributed by atoms with Crippen LogP contribution in [0.25, 0.3) is 0 Å². The van der Waals surface area contributed by atoms with E-state index in [2.05, 4.69) is 10.2 Å². The van der Waals surface area contributed by atoms with Gasteiger partial charge < -0.3 is 9.64 Å². The maximum Gasteiger partial charge on any atom is 0.228 e. The third kappa shape index (κ3) is 2.25. The van der Waals surface area contributed by atoms with Gasteiger partial charge in [0.2, 0.25) is 5.91 Å². The Bertz CT molecular complexity index is 392. The van der Waals surface area contributed by atoms with Crippen LogP contribution in [0.3, 0.4) is 0 Å². The Morgan fingerprint density at radius 3 is 2.50 bits per heavy atom. The third-order valence-electron chi connectivity index (χ3n) is 3.82. The van der Waals surface area contributed by atoms with Gasteiger partial charge in [-0.2, -0.15) is 15.0 Å². The summed E-state index contributed by atoms with van der Waals surface area (Å²) in [6.45, 7) is 2.94. The summed E-state index contributed by atoms with van der Waals surface area (Å²) in [5.74, 6) is 0.351. The predicted molar refractivity (Wildman–Crippen MR) is 63.8 cm³/mol. The molecule has 1 unspecified atom stereocenters. The normalized spacial score (nSPS) is 25.6. The molecule has 0 spiro atoms. The lowest BCUT2D eigenvalue weighted by atomic mass is 10.0. The number of likely N-dealkylation sites (tertiary alicyclic amines) is 1. The molecule has 1 atom stereocenters. The van der Waals surface area contributed by atoms with Crippen LogP contribution >= 0.6 is 0 Å². The van der Waals surface area contributed by atoms with Gasteiger partial charge in [0.15, 0.2) is 0 Å². The van der Waals surface area contributed by atoms with Crippen LogP contribution in [0.4, 0.5) is 0 Å². The molecule has 6 nitrogen and oxygen atoms in total. The highest BCUT2D eigenvalue weighted by molar-refractivity contribution is 5.79. The van der Waals surface area contributed by atoms with Crippen molar-refractivity contribution in [1.29, 1.82) is 0 Å². The molecule has 0 aromatic carbocycles. The van der Waals surface area contributed by atoms with Crippen LogP contribution < -0.4 is 0 Å². The van der Waals surface area contributed by atoms with E-state index in [0.717, 1.165) is 39.0 Å². The number of hydrogen-bond acceptors (Lipinski definition) is 4. The molecule has 1 aromatic heterocycles. The summed E-state index contributed by atoms with van der Waals surface area (Å²) >= 11 is 0. The van der Waals surface area contributed by atoms with Crippen LogP contribution in [-0.2, 0) is 9.53 Å².